The molecule has 0 saturated heterocycles. The summed E-state index contributed by atoms with van der Waals surface area (Å²) in [5.74, 6) is 0.643. The molecule has 0 bridgehead atoms. The molecule has 0 fully saturated rings. The third-order valence-electron chi connectivity index (χ3n) is 1.86. The van der Waals surface area contributed by atoms with Crippen LogP contribution in [0.1, 0.15) is 30.9 Å². The number of hydrogen-bond acceptors (Lipinski definition) is 0. The van der Waals surface area contributed by atoms with Crippen LogP contribution in [0, 0.1) is 10.5 Å². The molecule has 0 aliphatic heterocycles. The molecule has 11 heavy (non-hydrogen) atoms. The maximum Gasteiger partial charge on any atom is 0.0162 e. The van der Waals surface area contributed by atoms with E-state index in [0.29, 0.717) is 5.92 Å². The molecule has 0 spiro atoms. The number of aryl methyl sites for hydroxylation is 1. The summed E-state index contributed by atoms with van der Waals surface area (Å²) in [5, 5.41) is 0. The topological polar surface area (TPSA) is 0 Å². The van der Waals surface area contributed by atoms with Crippen molar-refractivity contribution in [2.75, 3.05) is 0 Å². The van der Waals surface area contributed by atoms with Crippen LogP contribution in [0.15, 0.2) is 18.2 Å². The summed E-state index contributed by atoms with van der Waals surface area (Å²) >= 11 is 2.38. The fourth-order valence-electron chi connectivity index (χ4n) is 0.968. The molecule has 0 atom stereocenters. The van der Waals surface area contributed by atoms with Crippen LogP contribution in [0.4, 0.5) is 0 Å². The third kappa shape index (κ3) is 2.19. The van der Waals surface area contributed by atoms with Gasteiger partial charge in [0.15, 0.2) is 0 Å². The first-order chi connectivity index (χ1) is 5.11. The van der Waals surface area contributed by atoms with E-state index in [9.17, 15) is 0 Å². The Morgan fingerprint density at radius 3 is 2.36 bits per heavy atom. The van der Waals surface area contributed by atoms with Crippen molar-refractivity contribution in [3.63, 3.8) is 0 Å². The average Bonchev–Trinajstić information content (AvgIpc) is 1.94. The fourth-order valence-corrected chi connectivity index (χ4v) is 1.51. The van der Waals surface area contributed by atoms with Gasteiger partial charge in [-0.1, -0.05) is 26.0 Å². The normalized spacial score (nSPS) is 10.6. The molecule has 0 aliphatic carbocycles. The second-order valence-electron chi connectivity index (χ2n) is 3.16. The van der Waals surface area contributed by atoms with Crippen LogP contribution in [0.2, 0.25) is 0 Å². The van der Waals surface area contributed by atoms with E-state index in [1.165, 1.54) is 14.7 Å². The molecule has 0 radical (unpaired) electrons. The summed E-state index contributed by atoms with van der Waals surface area (Å²) in [4.78, 5) is 0. The molecular weight excluding hydrogens is 247 g/mol. The van der Waals surface area contributed by atoms with Gasteiger partial charge in [-0.15, -0.1) is 0 Å². The second-order valence-corrected chi connectivity index (χ2v) is 4.33. The van der Waals surface area contributed by atoms with Gasteiger partial charge in [-0.3, -0.25) is 0 Å². The molecule has 0 nitrogen and oxygen atoms in total. The third-order valence-corrected chi connectivity index (χ3v) is 3.02. The Kier molecular flexibility index (Phi) is 2.93. The lowest BCUT2D eigenvalue weighted by Crippen LogP contribution is -1.89. The van der Waals surface area contributed by atoms with Crippen LogP contribution >= 0.6 is 22.6 Å². The predicted molar refractivity (Wildman–Crippen MR) is 58.0 cm³/mol. The molecule has 0 heterocycles. The zero-order chi connectivity index (χ0) is 8.43. The van der Waals surface area contributed by atoms with Gasteiger partial charge in [0.05, 0.1) is 0 Å². The lowest BCUT2D eigenvalue weighted by atomic mass is 10.0. The highest BCUT2D eigenvalue weighted by Gasteiger charge is 2.00. The summed E-state index contributed by atoms with van der Waals surface area (Å²) < 4.78 is 1.37. The van der Waals surface area contributed by atoms with E-state index in [-0.39, 0.29) is 0 Å². The Labute approximate surface area is 82.2 Å². The van der Waals surface area contributed by atoms with E-state index in [4.69, 9.17) is 0 Å². The maximum absolute atomic E-state index is 2.38. The fraction of sp³-hybridized carbons (Fsp3) is 0.400. The average molecular weight is 260 g/mol. The number of rotatable bonds is 1. The molecule has 0 aromatic heterocycles. The van der Waals surface area contributed by atoms with Gasteiger partial charge >= 0.3 is 0 Å². The molecule has 0 saturated carbocycles. The van der Waals surface area contributed by atoms with Crippen LogP contribution < -0.4 is 0 Å². The van der Waals surface area contributed by atoms with Gasteiger partial charge in [0.1, 0.15) is 0 Å². The maximum atomic E-state index is 2.38. The Bertz CT molecular complexity index is 251. The standard InChI is InChI=1S/C10H13I/c1-7(2)9-5-4-8(3)10(11)6-9/h4-7H,1-3H3. The van der Waals surface area contributed by atoms with Crippen molar-refractivity contribution < 1.29 is 0 Å². The van der Waals surface area contributed by atoms with Crippen molar-refractivity contribution in [3.05, 3.63) is 32.9 Å². The van der Waals surface area contributed by atoms with Gasteiger partial charge in [0, 0.05) is 3.57 Å². The van der Waals surface area contributed by atoms with Crippen molar-refractivity contribution >= 4 is 22.6 Å². The molecule has 0 aliphatic rings. The van der Waals surface area contributed by atoms with Crippen molar-refractivity contribution in [3.8, 4) is 0 Å². The second kappa shape index (κ2) is 3.57. The molecule has 1 rings (SSSR count). The minimum absolute atomic E-state index is 0.643. The van der Waals surface area contributed by atoms with Crippen molar-refractivity contribution in [1.82, 2.24) is 0 Å². The summed E-state index contributed by atoms with van der Waals surface area (Å²) in [6.45, 7) is 6.59. The van der Waals surface area contributed by atoms with Gasteiger partial charge in [0.2, 0.25) is 0 Å². The molecule has 1 aromatic carbocycles. The molecule has 1 heteroatoms. The molecule has 1 aromatic rings. The van der Waals surface area contributed by atoms with Crippen molar-refractivity contribution in [2.24, 2.45) is 0 Å². The highest BCUT2D eigenvalue weighted by Crippen LogP contribution is 2.19. The lowest BCUT2D eigenvalue weighted by molar-refractivity contribution is 0.864. The minimum Gasteiger partial charge on any atom is -0.0587 e. The first-order valence-corrected chi connectivity index (χ1v) is 4.95. The molecule has 0 N–H and O–H groups in total. The Hall–Kier alpha value is -0.0500. The molecule has 0 amide bonds. The summed E-state index contributed by atoms with van der Waals surface area (Å²) in [7, 11) is 0. The largest absolute Gasteiger partial charge is 0.0587 e. The number of hydrogen-bond donors (Lipinski definition) is 0. The van der Waals surface area contributed by atoms with E-state index in [1.807, 2.05) is 0 Å². The Morgan fingerprint density at radius 1 is 1.27 bits per heavy atom. The van der Waals surface area contributed by atoms with Crippen molar-refractivity contribution in [1.29, 1.82) is 0 Å². The number of benzene rings is 1. The summed E-state index contributed by atoms with van der Waals surface area (Å²) in [6.07, 6.45) is 0. The quantitative estimate of drug-likeness (QED) is 0.675. The van der Waals surface area contributed by atoms with E-state index in [0.717, 1.165) is 0 Å². The van der Waals surface area contributed by atoms with Gasteiger partial charge in [-0.2, -0.15) is 0 Å². The first kappa shape index (κ1) is 9.04. The molecular formula is C10H13I. The van der Waals surface area contributed by atoms with Crippen LogP contribution in [0.5, 0.6) is 0 Å². The summed E-state index contributed by atoms with van der Waals surface area (Å²) in [5.41, 5.74) is 2.80. The summed E-state index contributed by atoms with van der Waals surface area (Å²) in [6, 6.07) is 6.67. The smallest absolute Gasteiger partial charge is 0.0162 e. The lowest BCUT2D eigenvalue weighted by Gasteiger charge is -2.06. The van der Waals surface area contributed by atoms with Gasteiger partial charge in [-0.25, -0.2) is 0 Å². The Balaban J connectivity index is 3.05. The SMILES string of the molecule is Cc1ccc(C(C)C)cc1I. The van der Waals surface area contributed by atoms with E-state index >= 15 is 0 Å². The van der Waals surface area contributed by atoms with Gasteiger partial charge in [-0.05, 0) is 52.6 Å². The van der Waals surface area contributed by atoms with Crippen LogP contribution in [-0.2, 0) is 0 Å². The zero-order valence-electron chi connectivity index (χ0n) is 7.19. The van der Waals surface area contributed by atoms with Gasteiger partial charge < -0.3 is 0 Å². The predicted octanol–water partition coefficient (Wildman–Crippen LogP) is 3.72. The van der Waals surface area contributed by atoms with Crippen LogP contribution in [-0.4, -0.2) is 0 Å². The molecule has 0 unspecified atom stereocenters. The number of halogens is 1. The monoisotopic (exact) mass is 260 g/mol. The van der Waals surface area contributed by atoms with Crippen LogP contribution in [0.3, 0.4) is 0 Å². The van der Waals surface area contributed by atoms with Crippen molar-refractivity contribution in [2.45, 2.75) is 26.7 Å². The first-order valence-electron chi connectivity index (χ1n) is 3.87. The molecule has 60 valence electrons. The van der Waals surface area contributed by atoms with E-state index in [1.54, 1.807) is 0 Å². The highest BCUT2D eigenvalue weighted by atomic mass is 127. The van der Waals surface area contributed by atoms with E-state index < -0.39 is 0 Å². The van der Waals surface area contributed by atoms with Gasteiger partial charge in [0.25, 0.3) is 0 Å². The zero-order valence-corrected chi connectivity index (χ0v) is 9.34. The highest BCUT2D eigenvalue weighted by molar-refractivity contribution is 14.1. The van der Waals surface area contributed by atoms with Crippen LogP contribution in [0.25, 0.3) is 0 Å². The van der Waals surface area contributed by atoms with E-state index in [2.05, 4.69) is 61.6 Å². The minimum atomic E-state index is 0.643. The Morgan fingerprint density at radius 2 is 1.91 bits per heavy atom.